The molecule has 0 unspecified atom stereocenters. The number of anilines is 1. The number of ether oxygens (including phenoxy) is 3. The van der Waals surface area contributed by atoms with Crippen molar-refractivity contribution in [2.75, 3.05) is 25.1 Å². The molecule has 0 spiro atoms. The number of benzene rings is 2. The number of halogens is 1. The van der Waals surface area contributed by atoms with Gasteiger partial charge >= 0.3 is 5.97 Å². The molecule has 0 radical (unpaired) electrons. The zero-order valence-electron chi connectivity index (χ0n) is 15.1. The number of carbonyl (C=O) groups is 2. The van der Waals surface area contributed by atoms with E-state index in [1.54, 1.807) is 6.07 Å². The zero-order valence-corrected chi connectivity index (χ0v) is 15.1. The average molecular weight is 375 g/mol. The summed E-state index contributed by atoms with van der Waals surface area (Å²) in [5.74, 6) is -0.111. The first-order chi connectivity index (χ1) is 13.1. The third kappa shape index (κ3) is 7.35. The van der Waals surface area contributed by atoms with E-state index < -0.39 is 24.3 Å². The van der Waals surface area contributed by atoms with Crippen molar-refractivity contribution >= 4 is 17.6 Å². The maximum absolute atomic E-state index is 12.8. The van der Waals surface area contributed by atoms with Gasteiger partial charge in [0.05, 0.1) is 13.2 Å². The first kappa shape index (κ1) is 20.2. The average Bonchev–Trinajstić information content (AvgIpc) is 2.67. The second kappa shape index (κ2) is 10.8. The molecule has 0 aliphatic rings. The van der Waals surface area contributed by atoms with Crippen molar-refractivity contribution in [3.63, 3.8) is 0 Å². The van der Waals surface area contributed by atoms with Crippen LogP contribution in [0, 0.1) is 5.82 Å². The van der Waals surface area contributed by atoms with Gasteiger partial charge in [0.15, 0.2) is 18.1 Å². The maximum atomic E-state index is 12.8. The lowest BCUT2D eigenvalue weighted by atomic mass is 10.3. The summed E-state index contributed by atoms with van der Waals surface area (Å²) in [7, 11) is 0. The highest BCUT2D eigenvalue weighted by Gasteiger charge is 2.09. The second-order valence-corrected chi connectivity index (χ2v) is 5.55. The van der Waals surface area contributed by atoms with Gasteiger partial charge in [-0.15, -0.1) is 0 Å². The van der Waals surface area contributed by atoms with Gasteiger partial charge in [0.25, 0.3) is 5.91 Å². The lowest BCUT2D eigenvalue weighted by Crippen LogP contribution is -2.21. The molecular formula is C20H22FNO5. The summed E-state index contributed by atoms with van der Waals surface area (Å²) in [6, 6.07) is 12.6. The molecule has 144 valence electrons. The summed E-state index contributed by atoms with van der Waals surface area (Å²) >= 11 is 0. The van der Waals surface area contributed by atoms with Gasteiger partial charge in [-0.3, -0.25) is 9.59 Å². The minimum absolute atomic E-state index is 0.126. The number of para-hydroxylation sites is 2. The number of nitrogens with one attached hydrogen (secondary N) is 1. The molecule has 2 aromatic rings. The number of carbonyl (C=O) groups excluding carboxylic acids is 2. The lowest BCUT2D eigenvalue weighted by Gasteiger charge is -2.11. The zero-order chi connectivity index (χ0) is 19.5. The van der Waals surface area contributed by atoms with Crippen molar-refractivity contribution in [1.82, 2.24) is 0 Å². The second-order valence-electron chi connectivity index (χ2n) is 5.55. The Morgan fingerprint density at radius 2 is 1.67 bits per heavy atom. The van der Waals surface area contributed by atoms with Crippen LogP contribution >= 0.6 is 0 Å². The molecule has 0 aliphatic heterocycles. The van der Waals surface area contributed by atoms with E-state index >= 15 is 0 Å². The van der Waals surface area contributed by atoms with Gasteiger partial charge in [-0.05, 0) is 49.7 Å². The van der Waals surface area contributed by atoms with E-state index in [4.69, 9.17) is 14.2 Å². The number of esters is 1. The van der Waals surface area contributed by atoms with Crippen molar-refractivity contribution in [3.05, 3.63) is 54.3 Å². The molecule has 0 atom stereocenters. The summed E-state index contributed by atoms with van der Waals surface area (Å²) in [5.41, 5.74) is 0.429. The Bertz CT molecular complexity index is 748. The van der Waals surface area contributed by atoms with E-state index in [-0.39, 0.29) is 6.42 Å². The van der Waals surface area contributed by atoms with Crippen molar-refractivity contribution in [1.29, 1.82) is 0 Å². The predicted octanol–water partition coefficient (Wildman–Crippen LogP) is 3.57. The summed E-state index contributed by atoms with van der Waals surface area (Å²) in [4.78, 5) is 23.4. The Morgan fingerprint density at radius 3 is 2.33 bits per heavy atom. The SMILES string of the molecule is CCOc1ccccc1OCCCC(=O)OCC(=O)Nc1ccc(F)cc1. The van der Waals surface area contributed by atoms with Crippen LogP contribution in [0.5, 0.6) is 11.5 Å². The molecule has 2 rings (SSSR count). The summed E-state index contributed by atoms with van der Waals surface area (Å²) < 4.78 is 28.8. The van der Waals surface area contributed by atoms with Crippen LogP contribution in [0.15, 0.2) is 48.5 Å². The Morgan fingerprint density at radius 1 is 1.00 bits per heavy atom. The molecule has 7 heteroatoms. The van der Waals surface area contributed by atoms with Crippen LogP contribution in [-0.4, -0.2) is 31.7 Å². The molecule has 0 heterocycles. The molecule has 0 aromatic heterocycles. The Balaban J connectivity index is 1.63. The highest BCUT2D eigenvalue weighted by molar-refractivity contribution is 5.92. The largest absolute Gasteiger partial charge is 0.490 e. The molecule has 6 nitrogen and oxygen atoms in total. The number of amides is 1. The third-order valence-electron chi connectivity index (χ3n) is 3.42. The van der Waals surface area contributed by atoms with Crippen LogP contribution in [0.3, 0.4) is 0 Å². The van der Waals surface area contributed by atoms with Gasteiger partial charge < -0.3 is 19.5 Å². The lowest BCUT2D eigenvalue weighted by molar-refractivity contribution is -0.147. The monoisotopic (exact) mass is 375 g/mol. The molecule has 1 amide bonds. The van der Waals surface area contributed by atoms with Gasteiger partial charge in [0.1, 0.15) is 5.82 Å². The molecule has 27 heavy (non-hydrogen) atoms. The number of hydrogen-bond donors (Lipinski definition) is 1. The van der Waals surface area contributed by atoms with Gasteiger partial charge in [0.2, 0.25) is 0 Å². The maximum Gasteiger partial charge on any atom is 0.306 e. The first-order valence-corrected chi connectivity index (χ1v) is 8.64. The smallest absolute Gasteiger partial charge is 0.306 e. The first-order valence-electron chi connectivity index (χ1n) is 8.64. The van der Waals surface area contributed by atoms with Crippen molar-refractivity contribution in [2.24, 2.45) is 0 Å². The van der Waals surface area contributed by atoms with Gasteiger partial charge in [-0.25, -0.2) is 4.39 Å². The molecule has 0 bridgehead atoms. The van der Waals surface area contributed by atoms with Crippen LogP contribution < -0.4 is 14.8 Å². The Hall–Kier alpha value is -3.09. The van der Waals surface area contributed by atoms with Crippen LogP contribution in [0.4, 0.5) is 10.1 Å². The minimum Gasteiger partial charge on any atom is -0.490 e. The molecule has 2 aromatic carbocycles. The van der Waals surface area contributed by atoms with E-state index in [0.717, 1.165) is 0 Å². The van der Waals surface area contributed by atoms with E-state index in [1.165, 1.54) is 24.3 Å². The highest BCUT2D eigenvalue weighted by atomic mass is 19.1. The van der Waals surface area contributed by atoms with E-state index in [2.05, 4.69) is 5.32 Å². The minimum atomic E-state index is -0.494. The van der Waals surface area contributed by atoms with Crippen LogP contribution in [0.2, 0.25) is 0 Å². The van der Waals surface area contributed by atoms with Gasteiger partial charge in [-0.1, -0.05) is 12.1 Å². The third-order valence-corrected chi connectivity index (χ3v) is 3.42. The fourth-order valence-corrected chi connectivity index (χ4v) is 2.19. The van der Waals surface area contributed by atoms with Crippen LogP contribution in [0.25, 0.3) is 0 Å². The van der Waals surface area contributed by atoms with Crippen LogP contribution in [0.1, 0.15) is 19.8 Å². The van der Waals surface area contributed by atoms with Gasteiger partial charge in [0, 0.05) is 12.1 Å². The molecule has 0 saturated heterocycles. The molecule has 0 aliphatic carbocycles. The van der Waals surface area contributed by atoms with Crippen molar-refractivity contribution in [3.8, 4) is 11.5 Å². The fraction of sp³-hybridized carbons (Fsp3) is 0.300. The van der Waals surface area contributed by atoms with E-state index in [9.17, 15) is 14.0 Å². The number of rotatable bonds is 10. The quantitative estimate of drug-likeness (QED) is 0.508. The van der Waals surface area contributed by atoms with Crippen LogP contribution in [-0.2, 0) is 14.3 Å². The van der Waals surface area contributed by atoms with E-state index in [0.29, 0.717) is 36.8 Å². The highest BCUT2D eigenvalue weighted by Crippen LogP contribution is 2.26. The predicted molar refractivity (Wildman–Crippen MR) is 98.3 cm³/mol. The topological polar surface area (TPSA) is 73.9 Å². The summed E-state index contributed by atoms with van der Waals surface area (Å²) in [5, 5.41) is 2.51. The molecular weight excluding hydrogens is 353 g/mol. The molecule has 1 N–H and O–H groups in total. The molecule has 0 fully saturated rings. The van der Waals surface area contributed by atoms with Crippen molar-refractivity contribution < 1.29 is 28.2 Å². The molecule has 0 saturated carbocycles. The van der Waals surface area contributed by atoms with E-state index in [1.807, 2.05) is 25.1 Å². The Labute approximate surface area is 157 Å². The summed E-state index contributed by atoms with van der Waals surface area (Å²) in [6.45, 7) is 2.34. The normalized spacial score (nSPS) is 10.1. The Kier molecular flexibility index (Phi) is 8.09. The van der Waals surface area contributed by atoms with Crippen molar-refractivity contribution in [2.45, 2.75) is 19.8 Å². The number of hydrogen-bond acceptors (Lipinski definition) is 5. The van der Waals surface area contributed by atoms with Gasteiger partial charge in [-0.2, -0.15) is 0 Å². The summed E-state index contributed by atoms with van der Waals surface area (Å²) in [6.07, 6.45) is 0.569. The standard InChI is InChI=1S/C20H22FNO5/c1-2-25-17-6-3-4-7-18(17)26-13-5-8-20(24)27-14-19(23)22-16-11-9-15(21)10-12-16/h3-4,6-7,9-12H,2,5,8,13-14H2,1H3,(H,22,23). The fourth-order valence-electron chi connectivity index (χ4n) is 2.19.